The zero-order chi connectivity index (χ0) is 13.4. The molecule has 0 spiro atoms. The number of halogens is 1. The van der Waals surface area contributed by atoms with Crippen LogP contribution in [0.25, 0.3) is 0 Å². The van der Waals surface area contributed by atoms with Crippen molar-refractivity contribution < 1.29 is 4.74 Å². The van der Waals surface area contributed by atoms with Crippen molar-refractivity contribution in [3.05, 3.63) is 28.2 Å². The van der Waals surface area contributed by atoms with Gasteiger partial charge in [0.1, 0.15) is 5.75 Å². The molecule has 2 N–H and O–H groups in total. The van der Waals surface area contributed by atoms with Gasteiger partial charge in [-0.3, -0.25) is 4.99 Å². The summed E-state index contributed by atoms with van der Waals surface area (Å²) >= 11 is 3.62. The summed E-state index contributed by atoms with van der Waals surface area (Å²) in [6.45, 7) is 1.74. The van der Waals surface area contributed by atoms with Crippen molar-refractivity contribution in [1.82, 2.24) is 4.90 Å². The first kappa shape index (κ1) is 12.8. The summed E-state index contributed by atoms with van der Waals surface area (Å²) in [4.78, 5) is 6.64. The molecule has 3 rings (SSSR count). The molecular formula is C14H18BrN3O. The summed E-state index contributed by atoms with van der Waals surface area (Å²) in [5.74, 6) is 2.33. The van der Waals surface area contributed by atoms with Crippen molar-refractivity contribution in [1.29, 1.82) is 0 Å². The van der Waals surface area contributed by atoms with Gasteiger partial charge in [-0.2, -0.15) is 0 Å². The van der Waals surface area contributed by atoms with E-state index >= 15 is 0 Å². The quantitative estimate of drug-likeness (QED) is 0.926. The Morgan fingerprint density at radius 1 is 1.47 bits per heavy atom. The minimum absolute atomic E-state index is 0.227. The molecule has 1 aromatic rings. The van der Waals surface area contributed by atoms with E-state index in [0.29, 0.717) is 5.96 Å². The molecular weight excluding hydrogens is 306 g/mol. The van der Waals surface area contributed by atoms with Crippen LogP contribution in [0.5, 0.6) is 5.75 Å². The fourth-order valence-electron chi connectivity index (χ4n) is 2.50. The summed E-state index contributed by atoms with van der Waals surface area (Å²) in [7, 11) is 1.69. The summed E-state index contributed by atoms with van der Waals surface area (Å²) in [5.41, 5.74) is 7.23. The second-order valence-corrected chi connectivity index (χ2v) is 6.05. The molecule has 4 nitrogen and oxygen atoms in total. The average molecular weight is 324 g/mol. The number of ether oxygens (including phenoxy) is 1. The molecule has 19 heavy (non-hydrogen) atoms. The molecule has 1 aromatic carbocycles. The Hall–Kier alpha value is -1.23. The second kappa shape index (κ2) is 5.04. The lowest BCUT2D eigenvalue weighted by Gasteiger charge is -2.27. The van der Waals surface area contributed by atoms with Gasteiger partial charge in [0, 0.05) is 11.0 Å². The monoisotopic (exact) mass is 323 g/mol. The smallest absolute Gasteiger partial charge is 0.191 e. The van der Waals surface area contributed by atoms with E-state index < -0.39 is 0 Å². The van der Waals surface area contributed by atoms with E-state index in [0.717, 1.165) is 29.2 Å². The fraction of sp³-hybridized carbons (Fsp3) is 0.500. The highest BCUT2D eigenvalue weighted by atomic mass is 79.9. The second-order valence-electron chi connectivity index (χ2n) is 5.20. The van der Waals surface area contributed by atoms with Crippen molar-refractivity contribution in [2.45, 2.75) is 18.9 Å². The first-order valence-corrected chi connectivity index (χ1v) is 7.38. The number of rotatable bonds is 4. The molecule has 0 amide bonds. The largest absolute Gasteiger partial charge is 0.497 e. The Labute approximate surface area is 121 Å². The van der Waals surface area contributed by atoms with Crippen LogP contribution >= 0.6 is 15.9 Å². The predicted octanol–water partition coefficient (Wildman–Crippen LogP) is 2.54. The number of nitrogens with zero attached hydrogens (tertiary/aromatic N) is 2. The number of aliphatic imine (C=N–C) groups is 1. The minimum atomic E-state index is 0.227. The number of hydrogen-bond acceptors (Lipinski definition) is 4. The van der Waals surface area contributed by atoms with Crippen LogP contribution in [0.2, 0.25) is 0 Å². The van der Waals surface area contributed by atoms with Gasteiger partial charge in [-0.25, -0.2) is 0 Å². The Balaban J connectivity index is 1.87. The molecule has 5 heteroatoms. The molecule has 1 unspecified atom stereocenters. The number of nitrogens with two attached hydrogens (primary N) is 1. The summed E-state index contributed by atoms with van der Waals surface area (Å²) in [6.07, 6.45) is 2.63. The van der Waals surface area contributed by atoms with Gasteiger partial charge in [-0.1, -0.05) is 15.9 Å². The van der Waals surface area contributed by atoms with Gasteiger partial charge in [0.25, 0.3) is 0 Å². The zero-order valence-corrected chi connectivity index (χ0v) is 12.6. The number of hydrogen-bond donors (Lipinski definition) is 1. The minimum Gasteiger partial charge on any atom is -0.497 e. The summed E-state index contributed by atoms with van der Waals surface area (Å²) in [6, 6.07) is 6.28. The molecule has 0 bridgehead atoms. The van der Waals surface area contributed by atoms with Gasteiger partial charge in [0.15, 0.2) is 5.96 Å². The first-order valence-electron chi connectivity index (χ1n) is 6.59. The average Bonchev–Trinajstić information content (AvgIpc) is 3.16. The summed E-state index contributed by atoms with van der Waals surface area (Å²) < 4.78 is 6.40. The van der Waals surface area contributed by atoms with E-state index in [2.05, 4.69) is 31.9 Å². The van der Waals surface area contributed by atoms with Crippen LogP contribution < -0.4 is 10.5 Å². The molecule has 1 atom stereocenters. The van der Waals surface area contributed by atoms with Crippen molar-refractivity contribution >= 4 is 21.9 Å². The van der Waals surface area contributed by atoms with Crippen LogP contribution in [0.4, 0.5) is 0 Å². The zero-order valence-electron chi connectivity index (χ0n) is 11.0. The van der Waals surface area contributed by atoms with E-state index in [9.17, 15) is 0 Å². The Morgan fingerprint density at radius 2 is 2.26 bits per heavy atom. The van der Waals surface area contributed by atoms with Gasteiger partial charge >= 0.3 is 0 Å². The topological polar surface area (TPSA) is 50.9 Å². The molecule has 0 radical (unpaired) electrons. The third kappa shape index (κ3) is 2.56. The molecule has 1 aliphatic heterocycles. The maximum atomic E-state index is 6.03. The van der Waals surface area contributed by atoms with Crippen LogP contribution in [0.15, 0.2) is 27.7 Å². The lowest BCUT2D eigenvalue weighted by atomic mass is 10.1. The van der Waals surface area contributed by atoms with Crippen LogP contribution in [-0.4, -0.2) is 31.1 Å². The molecule has 0 saturated heterocycles. The molecule has 1 saturated carbocycles. The van der Waals surface area contributed by atoms with E-state index in [-0.39, 0.29) is 6.04 Å². The van der Waals surface area contributed by atoms with E-state index in [1.165, 1.54) is 18.4 Å². The highest BCUT2D eigenvalue weighted by Crippen LogP contribution is 2.37. The van der Waals surface area contributed by atoms with Crippen LogP contribution in [0.3, 0.4) is 0 Å². The number of guanidine groups is 1. The Kier molecular flexibility index (Phi) is 3.39. The van der Waals surface area contributed by atoms with Gasteiger partial charge in [0.05, 0.1) is 19.7 Å². The van der Waals surface area contributed by atoms with Gasteiger partial charge in [-0.05, 0) is 42.5 Å². The van der Waals surface area contributed by atoms with Crippen molar-refractivity contribution in [3.63, 3.8) is 0 Å². The van der Waals surface area contributed by atoms with Gasteiger partial charge in [-0.15, -0.1) is 0 Å². The van der Waals surface area contributed by atoms with E-state index in [1.54, 1.807) is 7.11 Å². The molecule has 1 heterocycles. The Bertz CT molecular complexity index is 513. The lowest BCUT2D eigenvalue weighted by Crippen LogP contribution is -2.37. The van der Waals surface area contributed by atoms with Crippen molar-refractivity contribution in [2.24, 2.45) is 16.6 Å². The number of benzene rings is 1. The fourth-order valence-corrected chi connectivity index (χ4v) is 3.01. The Morgan fingerprint density at radius 3 is 2.95 bits per heavy atom. The molecule has 102 valence electrons. The van der Waals surface area contributed by atoms with Gasteiger partial charge in [0.2, 0.25) is 0 Å². The number of methoxy groups -OCH3 is 1. The van der Waals surface area contributed by atoms with Crippen molar-refractivity contribution in [3.8, 4) is 5.75 Å². The highest BCUT2D eigenvalue weighted by Gasteiger charge is 2.33. The molecule has 1 fully saturated rings. The third-order valence-electron chi connectivity index (χ3n) is 3.81. The normalized spacial score (nSPS) is 22.5. The third-order valence-corrected chi connectivity index (χ3v) is 4.53. The van der Waals surface area contributed by atoms with Gasteiger partial charge < -0.3 is 15.4 Å². The van der Waals surface area contributed by atoms with Crippen LogP contribution in [-0.2, 0) is 0 Å². The molecule has 2 aliphatic rings. The highest BCUT2D eigenvalue weighted by molar-refractivity contribution is 9.10. The van der Waals surface area contributed by atoms with E-state index in [4.69, 9.17) is 10.5 Å². The van der Waals surface area contributed by atoms with Crippen molar-refractivity contribution in [2.75, 3.05) is 20.2 Å². The first-order chi connectivity index (χ1) is 9.19. The molecule has 0 aromatic heterocycles. The van der Waals surface area contributed by atoms with E-state index in [1.807, 2.05) is 12.1 Å². The maximum Gasteiger partial charge on any atom is 0.191 e. The SMILES string of the molecule is COc1ccc(Br)c(C2CN=C(N)N2CC2CC2)c1. The summed E-state index contributed by atoms with van der Waals surface area (Å²) in [5, 5.41) is 0. The van der Waals surface area contributed by atoms with Crippen LogP contribution in [0, 0.1) is 5.92 Å². The lowest BCUT2D eigenvalue weighted by molar-refractivity contribution is 0.331. The maximum absolute atomic E-state index is 6.03. The predicted molar refractivity (Wildman–Crippen MR) is 79.4 cm³/mol. The van der Waals surface area contributed by atoms with Crippen LogP contribution in [0.1, 0.15) is 24.4 Å². The molecule has 1 aliphatic carbocycles. The standard InChI is InChI=1S/C14H18BrN3O/c1-19-10-4-5-12(15)11(6-10)13-7-17-14(16)18(13)8-9-2-3-9/h4-6,9,13H,2-3,7-8H2,1H3,(H2,16,17).